The molecule has 0 atom stereocenters. The number of benzene rings is 2. The Morgan fingerprint density at radius 1 is 1.10 bits per heavy atom. The van der Waals surface area contributed by atoms with E-state index in [9.17, 15) is 5.11 Å². The number of aliphatic hydroxyl groups excluding tert-OH is 1. The summed E-state index contributed by atoms with van der Waals surface area (Å²) in [5.74, 6) is 0.988. The quantitative estimate of drug-likeness (QED) is 0.789. The first kappa shape index (κ1) is 12.9. The Kier molecular flexibility index (Phi) is 3.28. The van der Waals surface area contributed by atoms with Crippen molar-refractivity contribution in [2.45, 2.75) is 26.9 Å². The summed E-state index contributed by atoms with van der Waals surface area (Å²) < 4.78 is 2.07. The molecule has 1 N–H and O–H groups in total. The molecule has 3 heteroatoms. The summed E-state index contributed by atoms with van der Waals surface area (Å²) in [6.07, 6.45) is 0.841. The van der Waals surface area contributed by atoms with Crippen LogP contribution in [0.5, 0.6) is 0 Å². The molecule has 0 spiro atoms. The van der Waals surface area contributed by atoms with Crippen LogP contribution in [-0.4, -0.2) is 14.7 Å². The molecule has 0 aliphatic carbocycles. The van der Waals surface area contributed by atoms with Gasteiger partial charge in [-0.2, -0.15) is 0 Å². The average Bonchev–Trinajstić information content (AvgIpc) is 2.82. The van der Waals surface area contributed by atoms with Crippen LogP contribution in [0.15, 0.2) is 42.5 Å². The SMILES string of the molecule is CCc1nc(C)c(CO)n1-c1ccc2ccccc2c1. The average molecular weight is 266 g/mol. The number of imidazole rings is 1. The van der Waals surface area contributed by atoms with E-state index in [0.717, 1.165) is 29.3 Å². The van der Waals surface area contributed by atoms with Crippen LogP contribution in [-0.2, 0) is 13.0 Å². The van der Waals surface area contributed by atoms with Gasteiger partial charge in [-0.15, -0.1) is 0 Å². The van der Waals surface area contributed by atoms with E-state index in [-0.39, 0.29) is 6.61 Å². The molecule has 20 heavy (non-hydrogen) atoms. The Labute approximate surface area is 118 Å². The predicted molar refractivity (Wildman–Crippen MR) is 81.1 cm³/mol. The second-order valence-corrected chi connectivity index (χ2v) is 4.94. The largest absolute Gasteiger partial charge is 0.390 e. The molecule has 102 valence electrons. The summed E-state index contributed by atoms with van der Waals surface area (Å²) in [6.45, 7) is 4.04. The minimum Gasteiger partial charge on any atom is -0.390 e. The molecule has 0 unspecified atom stereocenters. The third-order valence-electron chi connectivity index (χ3n) is 3.70. The van der Waals surface area contributed by atoms with Gasteiger partial charge in [-0.3, -0.25) is 4.57 Å². The van der Waals surface area contributed by atoms with Gasteiger partial charge in [0.05, 0.1) is 18.0 Å². The van der Waals surface area contributed by atoms with Crippen molar-refractivity contribution in [3.8, 4) is 5.69 Å². The fourth-order valence-electron chi connectivity index (χ4n) is 2.67. The van der Waals surface area contributed by atoms with Crippen LogP contribution >= 0.6 is 0 Å². The molecule has 3 nitrogen and oxygen atoms in total. The smallest absolute Gasteiger partial charge is 0.113 e. The predicted octanol–water partition coefficient (Wildman–Crippen LogP) is 3.39. The molecule has 2 aromatic carbocycles. The number of aliphatic hydroxyl groups is 1. The highest BCUT2D eigenvalue weighted by atomic mass is 16.3. The van der Waals surface area contributed by atoms with E-state index in [1.54, 1.807) is 0 Å². The lowest BCUT2D eigenvalue weighted by Gasteiger charge is -2.11. The molecular weight excluding hydrogens is 248 g/mol. The Morgan fingerprint density at radius 2 is 1.85 bits per heavy atom. The van der Waals surface area contributed by atoms with Crippen LogP contribution in [0.3, 0.4) is 0 Å². The number of rotatable bonds is 3. The van der Waals surface area contributed by atoms with E-state index in [4.69, 9.17) is 0 Å². The number of nitrogens with zero attached hydrogens (tertiary/aromatic N) is 2. The van der Waals surface area contributed by atoms with Crippen LogP contribution in [0, 0.1) is 6.92 Å². The minimum absolute atomic E-state index is 0.00562. The van der Waals surface area contributed by atoms with E-state index in [1.807, 2.05) is 19.1 Å². The van der Waals surface area contributed by atoms with Gasteiger partial charge < -0.3 is 5.11 Å². The lowest BCUT2D eigenvalue weighted by Crippen LogP contribution is -2.04. The molecule has 0 saturated heterocycles. The monoisotopic (exact) mass is 266 g/mol. The second kappa shape index (κ2) is 5.10. The van der Waals surface area contributed by atoms with Crippen molar-refractivity contribution in [1.82, 2.24) is 9.55 Å². The third kappa shape index (κ3) is 2.00. The first-order valence-electron chi connectivity index (χ1n) is 6.91. The van der Waals surface area contributed by atoms with Crippen molar-refractivity contribution in [2.24, 2.45) is 0 Å². The maximum absolute atomic E-state index is 9.62. The molecule has 1 heterocycles. The van der Waals surface area contributed by atoms with Crippen LogP contribution in [0.1, 0.15) is 24.1 Å². The van der Waals surface area contributed by atoms with Crippen LogP contribution in [0.4, 0.5) is 0 Å². The summed E-state index contributed by atoms with van der Waals surface area (Å²) in [6, 6.07) is 14.6. The summed E-state index contributed by atoms with van der Waals surface area (Å²) in [7, 11) is 0. The molecule has 0 aliphatic heterocycles. The van der Waals surface area contributed by atoms with Gasteiger partial charge in [-0.25, -0.2) is 4.98 Å². The fourth-order valence-corrected chi connectivity index (χ4v) is 2.67. The normalized spacial score (nSPS) is 11.2. The summed E-state index contributed by atoms with van der Waals surface area (Å²) >= 11 is 0. The molecule has 0 amide bonds. The van der Waals surface area contributed by atoms with Crippen molar-refractivity contribution < 1.29 is 5.11 Å². The molecular formula is C17H18N2O. The summed E-state index contributed by atoms with van der Waals surface area (Å²) in [4.78, 5) is 4.56. The molecule has 0 aliphatic rings. The Bertz CT molecular complexity index is 759. The Balaban J connectivity index is 2.24. The van der Waals surface area contributed by atoms with Gasteiger partial charge in [0.25, 0.3) is 0 Å². The first-order chi connectivity index (χ1) is 9.74. The lowest BCUT2D eigenvalue weighted by atomic mass is 10.1. The molecule has 0 bridgehead atoms. The summed E-state index contributed by atoms with van der Waals surface area (Å²) in [5.41, 5.74) is 2.83. The first-order valence-corrected chi connectivity index (χ1v) is 6.91. The Hall–Kier alpha value is -2.13. The summed E-state index contributed by atoms with van der Waals surface area (Å²) in [5, 5.41) is 12.0. The highest BCUT2D eigenvalue weighted by Gasteiger charge is 2.14. The van der Waals surface area contributed by atoms with Crippen molar-refractivity contribution in [3.05, 3.63) is 59.7 Å². The third-order valence-corrected chi connectivity index (χ3v) is 3.70. The topological polar surface area (TPSA) is 38.1 Å². The fraction of sp³-hybridized carbons (Fsp3) is 0.235. The number of aryl methyl sites for hydroxylation is 2. The molecule has 3 aromatic rings. The van der Waals surface area contributed by atoms with Crippen molar-refractivity contribution in [2.75, 3.05) is 0 Å². The molecule has 0 saturated carbocycles. The molecule has 0 fully saturated rings. The van der Waals surface area contributed by atoms with Crippen LogP contribution in [0.25, 0.3) is 16.5 Å². The van der Waals surface area contributed by atoms with Gasteiger partial charge in [0, 0.05) is 12.1 Å². The van der Waals surface area contributed by atoms with Crippen LogP contribution in [0.2, 0.25) is 0 Å². The molecule has 1 aromatic heterocycles. The number of aromatic nitrogens is 2. The number of hydrogen-bond donors (Lipinski definition) is 1. The maximum Gasteiger partial charge on any atom is 0.113 e. The Morgan fingerprint density at radius 3 is 2.55 bits per heavy atom. The lowest BCUT2D eigenvalue weighted by molar-refractivity contribution is 0.273. The van der Waals surface area contributed by atoms with Crippen molar-refractivity contribution >= 4 is 10.8 Å². The van der Waals surface area contributed by atoms with Crippen molar-refractivity contribution in [3.63, 3.8) is 0 Å². The van der Waals surface area contributed by atoms with Gasteiger partial charge >= 0.3 is 0 Å². The van der Waals surface area contributed by atoms with Crippen molar-refractivity contribution in [1.29, 1.82) is 0 Å². The zero-order valence-corrected chi connectivity index (χ0v) is 11.8. The van der Waals surface area contributed by atoms with E-state index in [1.165, 1.54) is 10.8 Å². The van der Waals surface area contributed by atoms with E-state index in [2.05, 4.69) is 46.8 Å². The van der Waals surface area contributed by atoms with E-state index in [0.29, 0.717) is 0 Å². The van der Waals surface area contributed by atoms with Gasteiger partial charge in [-0.05, 0) is 29.8 Å². The highest BCUT2D eigenvalue weighted by molar-refractivity contribution is 5.84. The zero-order valence-electron chi connectivity index (χ0n) is 11.8. The zero-order chi connectivity index (χ0) is 14.1. The standard InChI is InChI=1S/C17H18N2O/c1-3-17-18-12(2)16(11-20)19(17)15-9-8-13-6-4-5-7-14(13)10-15/h4-10,20H,3,11H2,1-2H3. The van der Waals surface area contributed by atoms with Gasteiger partial charge in [0.2, 0.25) is 0 Å². The second-order valence-electron chi connectivity index (χ2n) is 4.94. The van der Waals surface area contributed by atoms with Crippen LogP contribution < -0.4 is 0 Å². The maximum atomic E-state index is 9.62. The van der Waals surface area contributed by atoms with Gasteiger partial charge in [0.1, 0.15) is 5.82 Å². The highest BCUT2D eigenvalue weighted by Crippen LogP contribution is 2.23. The van der Waals surface area contributed by atoms with Gasteiger partial charge in [-0.1, -0.05) is 37.3 Å². The molecule has 3 rings (SSSR count). The number of hydrogen-bond acceptors (Lipinski definition) is 2. The number of fused-ring (bicyclic) bond motifs is 1. The van der Waals surface area contributed by atoms with Gasteiger partial charge in [0.15, 0.2) is 0 Å². The van der Waals surface area contributed by atoms with E-state index < -0.39 is 0 Å². The minimum atomic E-state index is 0.00562. The van der Waals surface area contributed by atoms with E-state index >= 15 is 0 Å². The molecule has 0 radical (unpaired) electrons.